The largest absolute Gasteiger partial charge is 0.482 e. The number of fused-ring (bicyclic) bond motifs is 1. The van der Waals surface area contributed by atoms with E-state index in [1.165, 1.54) is 12.3 Å². The van der Waals surface area contributed by atoms with Crippen LogP contribution in [0.2, 0.25) is 0 Å². The van der Waals surface area contributed by atoms with Gasteiger partial charge in [0.05, 0.1) is 17.2 Å². The van der Waals surface area contributed by atoms with Gasteiger partial charge in [0.2, 0.25) is 11.2 Å². The van der Waals surface area contributed by atoms with Gasteiger partial charge in [-0.05, 0) is 34.4 Å². The number of benzene rings is 2. The summed E-state index contributed by atoms with van der Waals surface area (Å²) in [6.45, 7) is 4.32. The summed E-state index contributed by atoms with van der Waals surface area (Å²) in [5.41, 5.74) is 0.495. The first kappa shape index (κ1) is 21.9. The maximum absolute atomic E-state index is 12.4. The Morgan fingerprint density at radius 3 is 2.25 bits per heavy atom. The van der Waals surface area contributed by atoms with Crippen LogP contribution in [0.4, 0.5) is 0 Å². The fraction of sp³-hybridized carbons (Fsp3) is 0.240. The predicted octanol–water partition coefficient (Wildman–Crippen LogP) is 4.65. The minimum Gasteiger partial charge on any atom is -0.482 e. The minimum absolute atomic E-state index is 0.0572. The fourth-order valence-corrected chi connectivity index (χ4v) is 5.15. The summed E-state index contributed by atoms with van der Waals surface area (Å²) in [6, 6.07) is 16.0. The summed E-state index contributed by atoms with van der Waals surface area (Å²) >= 11 is 0. The summed E-state index contributed by atoms with van der Waals surface area (Å²) in [5, 5.41) is 2.25. The Hall–Kier alpha value is -3.32. The van der Waals surface area contributed by atoms with Gasteiger partial charge < -0.3 is 13.7 Å². The molecule has 0 aliphatic rings. The van der Waals surface area contributed by atoms with Gasteiger partial charge >= 0.3 is 0 Å². The molecule has 0 radical (unpaired) electrons. The second-order valence-corrected chi connectivity index (χ2v) is 10.3. The summed E-state index contributed by atoms with van der Waals surface area (Å²) < 4.78 is 37.8. The van der Waals surface area contributed by atoms with E-state index < -0.39 is 9.84 Å². The van der Waals surface area contributed by atoms with Crippen molar-refractivity contribution in [3.8, 4) is 5.75 Å². The molecular formula is C25H25NO5S. The lowest BCUT2D eigenvalue weighted by atomic mass is 10.2. The molecule has 0 amide bonds. The van der Waals surface area contributed by atoms with Gasteiger partial charge in [0.15, 0.2) is 9.84 Å². The number of hydrogen-bond donors (Lipinski definition) is 0. The summed E-state index contributed by atoms with van der Waals surface area (Å²) in [6.07, 6.45) is 5.33. The van der Waals surface area contributed by atoms with Crippen molar-refractivity contribution < 1.29 is 17.6 Å². The number of nitrogens with zero attached hydrogens (tertiary/aromatic N) is 1. The van der Waals surface area contributed by atoms with Crippen LogP contribution < -0.4 is 10.2 Å². The molecule has 0 saturated heterocycles. The van der Waals surface area contributed by atoms with Gasteiger partial charge in [-0.25, -0.2) is 8.42 Å². The molecule has 2 aromatic heterocycles. The molecule has 7 heteroatoms. The second-order valence-electron chi connectivity index (χ2n) is 8.24. The standard InChI is InChI=1S/C25H25NO5S/c1-18(2)17-32(28,29)23-9-7-19(8-10-23)15-31-25-16-30-22(11-24(25)27)14-26-12-20-5-3-4-6-21(20)13-26/h3-13,16,18H,14-15,17H2,1-2H3. The Labute approximate surface area is 187 Å². The molecular weight excluding hydrogens is 426 g/mol. The van der Waals surface area contributed by atoms with Gasteiger partial charge in [-0.15, -0.1) is 0 Å². The van der Waals surface area contributed by atoms with E-state index in [4.69, 9.17) is 9.15 Å². The maximum Gasteiger partial charge on any atom is 0.227 e. The molecule has 0 unspecified atom stereocenters. The molecule has 0 aliphatic carbocycles. The average molecular weight is 452 g/mol. The lowest BCUT2D eigenvalue weighted by Gasteiger charge is -2.09. The molecule has 0 aliphatic heterocycles. The van der Waals surface area contributed by atoms with Crippen LogP contribution in [0.1, 0.15) is 25.2 Å². The molecule has 0 fully saturated rings. The van der Waals surface area contributed by atoms with E-state index in [0.29, 0.717) is 12.3 Å². The van der Waals surface area contributed by atoms with Crippen molar-refractivity contribution in [3.05, 3.63) is 94.8 Å². The van der Waals surface area contributed by atoms with Crippen molar-refractivity contribution in [2.75, 3.05) is 5.75 Å². The van der Waals surface area contributed by atoms with Crippen LogP contribution in [-0.4, -0.2) is 18.7 Å². The first-order valence-corrected chi connectivity index (χ1v) is 12.1. The SMILES string of the molecule is CC(C)CS(=O)(=O)c1ccc(COc2coc(Cn3cc4ccccc4c3)cc2=O)cc1. The molecule has 0 atom stereocenters. The highest BCUT2D eigenvalue weighted by molar-refractivity contribution is 7.91. The van der Waals surface area contributed by atoms with Gasteiger partial charge in [-0.3, -0.25) is 4.79 Å². The molecule has 0 saturated carbocycles. The monoisotopic (exact) mass is 451 g/mol. The molecule has 0 bridgehead atoms. The normalized spacial score (nSPS) is 11.8. The molecule has 166 valence electrons. The third-order valence-electron chi connectivity index (χ3n) is 5.03. The summed E-state index contributed by atoms with van der Waals surface area (Å²) in [5.74, 6) is 0.807. The van der Waals surface area contributed by atoms with Gasteiger partial charge in [-0.2, -0.15) is 0 Å². The fourth-order valence-electron chi connectivity index (χ4n) is 3.53. The number of aromatic nitrogens is 1. The average Bonchev–Trinajstić information content (AvgIpc) is 3.15. The van der Waals surface area contributed by atoms with Crippen LogP contribution in [0.5, 0.6) is 5.75 Å². The van der Waals surface area contributed by atoms with Crippen molar-refractivity contribution in [3.63, 3.8) is 0 Å². The molecule has 4 aromatic rings. The zero-order valence-corrected chi connectivity index (χ0v) is 18.8. The number of rotatable bonds is 8. The molecule has 2 heterocycles. The van der Waals surface area contributed by atoms with Crippen molar-refractivity contribution in [2.45, 2.75) is 31.9 Å². The van der Waals surface area contributed by atoms with E-state index in [9.17, 15) is 13.2 Å². The predicted molar refractivity (Wildman–Crippen MR) is 124 cm³/mol. The van der Waals surface area contributed by atoms with Crippen molar-refractivity contribution in [2.24, 2.45) is 5.92 Å². The molecule has 6 nitrogen and oxygen atoms in total. The van der Waals surface area contributed by atoms with Crippen molar-refractivity contribution >= 4 is 20.6 Å². The van der Waals surface area contributed by atoms with E-state index in [1.807, 2.05) is 55.1 Å². The topological polar surface area (TPSA) is 78.5 Å². The third kappa shape index (κ3) is 5.11. The van der Waals surface area contributed by atoms with Crippen LogP contribution in [0.15, 0.2) is 87.4 Å². The zero-order valence-electron chi connectivity index (χ0n) is 18.0. The number of ether oxygens (including phenoxy) is 1. The first-order valence-electron chi connectivity index (χ1n) is 10.4. The highest BCUT2D eigenvalue weighted by Gasteiger charge is 2.16. The third-order valence-corrected chi connectivity index (χ3v) is 7.12. The van der Waals surface area contributed by atoms with Crippen LogP contribution >= 0.6 is 0 Å². The Morgan fingerprint density at radius 2 is 1.66 bits per heavy atom. The van der Waals surface area contributed by atoms with Crippen LogP contribution in [0.3, 0.4) is 0 Å². The van der Waals surface area contributed by atoms with E-state index in [2.05, 4.69) is 0 Å². The Kier molecular flexibility index (Phi) is 6.19. The number of sulfone groups is 1. The van der Waals surface area contributed by atoms with Crippen molar-refractivity contribution in [1.82, 2.24) is 4.57 Å². The molecule has 32 heavy (non-hydrogen) atoms. The minimum atomic E-state index is -3.30. The first-order chi connectivity index (χ1) is 15.3. The van der Waals surface area contributed by atoms with Crippen LogP contribution in [-0.2, 0) is 23.0 Å². The molecule has 0 spiro atoms. The maximum atomic E-state index is 12.4. The smallest absolute Gasteiger partial charge is 0.227 e. The highest BCUT2D eigenvalue weighted by atomic mass is 32.2. The highest BCUT2D eigenvalue weighted by Crippen LogP contribution is 2.18. The molecule has 2 aromatic carbocycles. The lowest BCUT2D eigenvalue weighted by Crippen LogP contribution is -2.12. The van der Waals surface area contributed by atoms with Gasteiger partial charge in [0.1, 0.15) is 18.6 Å². The van der Waals surface area contributed by atoms with E-state index in [-0.39, 0.29) is 34.4 Å². The zero-order chi connectivity index (χ0) is 22.7. The van der Waals surface area contributed by atoms with Crippen LogP contribution in [0.25, 0.3) is 10.8 Å². The summed E-state index contributed by atoms with van der Waals surface area (Å²) in [4.78, 5) is 12.7. The van der Waals surface area contributed by atoms with E-state index >= 15 is 0 Å². The molecule has 4 rings (SSSR count). The van der Waals surface area contributed by atoms with Gasteiger partial charge in [0.25, 0.3) is 0 Å². The van der Waals surface area contributed by atoms with Gasteiger partial charge in [0, 0.05) is 18.5 Å². The Morgan fingerprint density at radius 1 is 1.00 bits per heavy atom. The number of hydrogen-bond acceptors (Lipinski definition) is 5. The second kappa shape index (κ2) is 9.04. The Balaban J connectivity index is 1.40. The van der Waals surface area contributed by atoms with Gasteiger partial charge in [-0.1, -0.05) is 50.2 Å². The van der Waals surface area contributed by atoms with Crippen LogP contribution in [0, 0.1) is 5.92 Å². The Bertz CT molecular complexity index is 1350. The molecule has 0 N–H and O–H groups in total. The summed E-state index contributed by atoms with van der Waals surface area (Å²) in [7, 11) is -3.30. The quantitative estimate of drug-likeness (QED) is 0.390. The van der Waals surface area contributed by atoms with E-state index in [0.717, 1.165) is 16.3 Å². The lowest BCUT2D eigenvalue weighted by molar-refractivity contribution is 0.289. The van der Waals surface area contributed by atoms with E-state index in [1.54, 1.807) is 24.3 Å². The van der Waals surface area contributed by atoms with Crippen molar-refractivity contribution in [1.29, 1.82) is 0 Å².